The Hall–Kier alpha value is -1.99. The maximum absolute atomic E-state index is 13.5. The molecule has 1 aromatic rings. The second-order valence-corrected chi connectivity index (χ2v) is 5.42. The number of halogens is 1. The highest BCUT2D eigenvalue weighted by Crippen LogP contribution is 2.12. The van der Waals surface area contributed by atoms with Gasteiger partial charge in [-0.25, -0.2) is 4.39 Å². The van der Waals surface area contributed by atoms with E-state index in [0.717, 1.165) is 13.1 Å². The van der Waals surface area contributed by atoms with E-state index in [2.05, 4.69) is 10.2 Å². The quantitative estimate of drug-likeness (QED) is 0.846. The van der Waals surface area contributed by atoms with Gasteiger partial charge in [-0.3, -0.25) is 14.5 Å². The van der Waals surface area contributed by atoms with Gasteiger partial charge in [-0.15, -0.1) is 0 Å². The van der Waals surface area contributed by atoms with Gasteiger partial charge in [0.15, 0.2) is 0 Å². The molecule has 0 radical (unpaired) electrons. The van der Waals surface area contributed by atoms with E-state index in [0.29, 0.717) is 26.3 Å². The van der Waals surface area contributed by atoms with Crippen molar-refractivity contribution in [3.63, 3.8) is 0 Å². The lowest BCUT2D eigenvalue weighted by atomic mass is 10.3. The molecule has 1 N–H and O–H groups in total. The first kappa shape index (κ1) is 17.4. The molecule has 0 saturated carbocycles. The molecule has 0 spiro atoms. The van der Waals surface area contributed by atoms with Crippen molar-refractivity contribution in [2.45, 2.75) is 6.92 Å². The Morgan fingerprint density at radius 3 is 2.65 bits per heavy atom. The molecule has 0 atom stereocenters. The average Bonchev–Trinajstić information content (AvgIpc) is 2.54. The van der Waals surface area contributed by atoms with Gasteiger partial charge in [-0.05, 0) is 12.1 Å². The highest BCUT2D eigenvalue weighted by molar-refractivity contribution is 5.94. The molecule has 1 aromatic carbocycles. The average molecular weight is 323 g/mol. The van der Waals surface area contributed by atoms with Crippen LogP contribution >= 0.6 is 0 Å². The van der Waals surface area contributed by atoms with E-state index in [9.17, 15) is 14.0 Å². The minimum atomic E-state index is -0.497. The number of nitrogens with zero attached hydrogens (tertiary/aromatic N) is 2. The Morgan fingerprint density at radius 1 is 1.30 bits per heavy atom. The van der Waals surface area contributed by atoms with Gasteiger partial charge in [0.05, 0.1) is 25.4 Å². The number of hydrogen-bond acceptors (Lipinski definition) is 4. The second kappa shape index (κ2) is 8.59. The molecule has 1 fully saturated rings. The number of morpholine rings is 1. The van der Waals surface area contributed by atoms with Crippen LogP contribution in [0.4, 0.5) is 10.1 Å². The number of carbonyl (C=O) groups excluding carboxylic acids is 2. The van der Waals surface area contributed by atoms with Gasteiger partial charge in [0.2, 0.25) is 11.8 Å². The van der Waals surface area contributed by atoms with E-state index in [1.165, 1.54) is 24.0 Å². The normalized spacial score (nSPS) is 15.2. The number of nitrogens with one attached hydrogen (secondary N) is 1. The van der Waals surface area contributed by atoms with Gasteiger partial charge in [0, 0.05) is 33.1 Å². The van der Waals surface area contributed by atoms with Gasteiger partial charge in [-0.2, -0.15) is 0 Å². The fourth-order valence-corrected chi connectivity index (χ4v) is 2.36. The van der Waals surface area contributed by atoms with Crippen molar-refractivity contribution in [3.8, 4) is 0 Å². The molecule has 7 heteroatoms. The van der Waals surface area contributed by atoms with Crippen LogP contribution in [0.1, 0.15) is 6.92 Å². The molecule has 2 amide bonds. The predicted molar refractivity (Wildman–Crippen MR) is 84.5 cm³/mol. The number of amides is 2. The molecule has 0 aliphatic carbocycles. The lowest BCUT2D eigenvalue weighted by Crippen LogP contribution is -2.44. The summed E-state index contributed by atoms with van der Waals surface area (Å²) in [7, 11) is 0. The third-order valence-electron chi connectivity index (χ3n) is 3.72. The summed E-state index contributed by atoms with van der Waals surface area (Å²) in [5, 5.41) is 2.49. The highest BCUT2D eigenvalue weighted by Gasteiger charge is 2.17. The highest BCUT2D eigenvalue weighted by atomic mass is 19.1. The summed E-state index contributed by atoms with van der Waals surface area (Å²) in [6, 6.07) is 5.95. The van der Waals surface area contributed by atoms with Crippen molar-refractivity contribution in [3.05, 3.63) is 30.1 Å². The Balaban J connectivity index is 1.84. The molecule has 1 heterocycles. The Morgan fingerprint density at radius 2 is 2.00 bits per heavy atom. The fourth-order valence-electron chi connectivity index (χ4n) is 2.36. The lowest BCUT2D eigenvalue weighted by molar-refractivity contribution is -0.133. The number of benzene rings is 1. The van der Waals surface area contributed by atoms with E-state index in [1.807, 2.05) is 0 Å². The van der Waals surface area contributed by atoms with Crippen molar-refractivity contribution in [2.24, 2.45) is 0 Å². The molecule has 1 aliphatic heterocycles. The Labute approximate surface area is 135 Å². The zero-order chi connectivity index (χ0) is 16.7. The molecular weight excluding hydrogens is 301 g/mol. The summed E-state index contributed by atoms with van der Waals surface area (Å²) in [5.74, 6) is -1.09. The van der Waals surface area contributed by atoms with Crippen LogP contribution in [0.25, 0.3) is 0 Å². The van der Waals surface area contributed by atoms with Crippen LogP contribution in [0.5, 0.6) is 0 Å². The van der Waals surface area contributed by atoms with Crippen molar-refractivity contribution in [1.29, 1.82) is 0 Å². The number of ether oxygens (including phenoxy) is 1. The molecule has 2 rings (SSSR count). The minimum Gasteiger partial charge on any atom is -0.379 e. The van der Waals surface area contributed by atoms with E-state index in [1.54, 1.807) is 12.1 Å². The summed E-state index contributed by atoms with van der Waals surface area (Å²) in [5.41, 5.74) is 0.120. The maximum atomic E-state index is 13.5. The zero-order valence-corrected chi connectivity index (χ0v) is 13.3. The van der Waals surface area contributed by atoms with Crippen LogP contribution < -0.4 is 5.32 Å². The first-order valence-electron chi connectivity index (χ1n) is 7.66. The van der Waals surface area contributed by atoms with Gasteiger partial charge in [-0.1, -0.05) is 12.1 Å². The van der Waals surface area contributed by atoms with E-state index in [4.69, 9.17) is 4.74 Å². The fraction of sp³-hybridized carbons (Fsp3) is 0.500. The standard InChI is InChI=1S/C16H22FN3O3/c1-13(21)20(7-6-19-8-10-23-11-9-19)12-16(22)18-15-5-3-2-4-14(15)17/h2-5H,6-12H2,1H3,(H,18,22). The number of rotatable bonds is 6. The van der Waals surface area contributed by atoms with Crippen molar-refractivity contribution >= 4 is 17.5 Å². The minimum absolute atomic E-state index is 0.0893. The number of anilines is 1. The summed E-state index contributed by atoms with van der Waals surface area (Å²) in [6.45, 7) is 5.52. The van der Waals surface area contributed by atoms with Crippen LogP contribution in [-0.2, 0) is 14.3 Å². The molecule has 0 bridgehead atoms. The Kier molecular flexibility index (Phi) is 6.49. The topological polar surface area (TPSA) is 61.9 Å². The molecule has 23 heavy (non-hydrogen) atoms. The molecular formula is C16H22FN3O3. The van der Waals surface area contributed by atoms with E-state index < -0.39 is 11.7 Å². The van der Waals surface area contributed by atoms with Crippen molar-refractivity contribution in [1.82, 2.24) is 9.80 Å². The summed E-state index contributed by atoms with van der Waals surface area (Å²) >= 11 is 0. The lowest BCUT2D eigenvalue weighted by Gasteiger charge is -2.29. The third kappa shape index (κ3) is 5.61. The van der Waals surface area contributed by atoms with Crippen LogP contribution in [0.2, 0.25) is 0 Å². The number of carbonyl (C=O) groups is 2. The molecule has 0 aromatic heterocycles. The van der Waals surface area contributed by atoms with Gasteiger partial charge in [0.25, 0.3) is 0 Å². The van der Waals surface area contributed by atoms with E-state index >= 15 is 0 Å². The first-order chi connectivity index (χ1) is 11.1. The van der Waals surface area contributed by atoms with Crippen LogP contribution in [0.15, 0.2) is 24.3 Å². The zero-order valence-electron chi connectivity index (χ0n) is 13.3. The molecule has 1 saturated heterocycles. The van der Waals surface area contributed by atoms with Gasteiger partial charge in [0.1, 0.15) is 5.82 Å². The molecule has 126 valence electrons. The molecule has 0 unspecified atom stereocenters. The van der Waals surface area contributed by atoms with Gasteiger partial charge >= 0.3 is 0 Å². The predicted octanol–water partition coefficient (Wildman–Crippen LogP) is 0.945. The van der Waals surface area contributed by atoms with Crippen molar-refractivity contribution in [2.75, 3.05) is 51.3 Å². The van der Waals surface area contributed by atoms with Crippen molar-refractivity contribution < 1.29 is 18.7 Å². The smallest absolute Gasteiger partial charge is 0.244 e. The van der Waals surface area contributed by atoms with Gasteiger partial charge < -0.3 is 15.0 Å². The molecule has 6 nitrogen and oxygen atoms in total. The number of para-hydroxylation sites is 1. The Bertz CT molecular complexity index is 547. The molecule has 1 aliphatic rings. The number of hydrogen-bond donors (Lipinski definition) is 1. The van der Waals surface area contributed by atoms with Crippen LogP contribution in [-0.4, -0.2) is 67.6 Å². The maximum Gasteiger partial charge on any atom is 0.244 e. The second-order valence-electron chi connectivity index (χ2n) is 5.42. The summed E-state index contributed by atoms with van der Waals surface area (Å²) in [4.78, 5) is 27.4. The largest absolute Gasteiger partial charge is 0.379 e. The van der Waals surface area contributed by atoms with Crippen LogP contribution in [0.3, 0.4) is 0 Å². The summed E-state index contributed by atoms with van der Waals surface area (Å²) in [6.07, 6.45) is 0. The third-order valence-corrected chi connectivity index (χ3v) is 3.72. The van der Waals surface area contributed by atoms with Crippen LogP contribution in [0, 0.1) is 5.82 Å². The monoisotopic (exact) mass is 323 g/mol. The first-order valence-corrected chi connectivity index (χ1v) is 7.66. The SMILES string of the molecule is CC(=O)N(CCN1CCOCC1)CC(=O)Nc1ccccc1F. The van der Waals surface area contributed by atoms with E-state index in [-0.39, 0.29) is 18.1 Å². The summed E-state index contributed by atoms with van der Waals surface area (Å²) < 4.78 is 18.8.